The molecule has 0 aliphatic carbocycles. The molecule has 2 amide bonds. The first-order chi connectivity index (χ1) is 13.8. The number of carbonyl (C=O) groups is 2. The first-order valence-corrected chi connectivity index (χ1v) is 10.0. The molecule has 2 aromatic rings. The highest BCUT2D eigenvalue weighted by Gasteiger charge is 2.37. The summed E-state index contributed by atoms with van der Waals surface area (Å²) in [5.74, 6) is -0.594. The van der Waals surface area contributed by atoms with Crippen LogP contribution in [0.1, 0.15) is 30.3 Å². The van der Waals surface area contributed by atoms with Crippen LogP contribution in [0.25, 0.3) is 0 Å². The van der Waals surface area contributed by atoms with Gasteiger partial charge in [0, 0.05) is 16.6 Å². The van der Waals surface area contributed by atoms with Crippen molar-refractivity contribution in [2.75, 3.05) is 6.61 Å². The highest BCUT2D eigenvalue weighted by atomic mass is 35.5. The fourth-order valence-electron chi connectivity index (χ4n) is 3.10. The summed E-state index contributed by atoms with van der Waals surface area (Å²) in [4.78, 5) is 38.6. The second kappa shape index (κ2) is 8.62. The lowest BCUT2D eigenvalue weighted by atomic mass is 9.94. The third kappa shape index (κ3) is 4.25. The van der Waals surface area contributed by atoms with Crippen LogP contribution in [0.3, 0.4) is 0 Å². The van der Waals surface area contributed by atoms with E-state index in [1.807, 2.05) is 17.5 Å². The molecule has 0 saturated heterocycles. The van der Waals surface area contributed by atoms with Gasteiger partial charge in [-0.2, -0.15) is 0 Å². The Labute approximate surface area is 175 Å². The van der Waals surface area contributed by atoms with Crippen LogP contribution in [-0.4, -0.2) is 28.4 Å². The first kappa shape index (κ1) is 20.8. The van der Waals surface area contributed by atoms with Gasteiger partial charge in [-0.15, -0.1) is 11.3 Å². The van der Waals surface area contributed by atoms with Crippen molar-refractivity contribution in [2.24, 2.45) is 0 Å². The minimum atomic E-state index is -0.892. The second-order valence-electron chi connectivity index (χ2n) is 6.24. The van der Waals surface area contributed by atoms with Crippen molar-refractivity contribution < 1.29 is 19.2 Å². The summed E-state index contributed by atoms with van der Waals surface area (Å²) in [6.45, 7) is 3.80. The predicted octanol–water partition coefficient (Wildman–Crippen LogP) is 4.41. The number of urea groups is 1. The minimum absolute atomic E-state index is 0.0291. The van der Waals surface area contributed by atoms with Crippen molar-refractivity contribution in [2.45, 2.75) is 26.4 Å². The van der Waals surface area contributed by atoms with Crippen molar-refractivity contribution >= 4 is 40.6 Å². The lowest BCUT2D eigenvalue weighted by Gasteiger charge is -2.35. The molecule has 1 N–H and O–H groups in total. The van der Waals surface area contributed by atoms with Crippen molar-refractivity contribution in [1.82, 2.24) is 10.2 Å². The summed E-state index contributed by atoms with van der Waals surface area (Å²) >= 11 is 7.39. The molecular weight excluding hydrogens is 418 g/mol. The molecule has 8 nitrogen and oxygen atoms in total. The highest BCUT2D eigenvalue weighted by molar-refractivity contribution is 7.09. The van der Waals surface area contributed by atoms with E-state index in [-0.39, 0.29) is 22.9 Å². The van der Waals surface area contributed by atoms with E-state index in [9.17, 15) is 19.7 Å². The largest absolute Gasteiger partial charge is 0.463 e. The molecule has 0 saturated carbocycles. The van der Waals surface area contributed by atoms with Crippen LogP contribution in [0.4, 0.5) is 10.5 Å². The summed E-state index contributed by atoms with van der Waals surface area (Å²) < 4.78 is 5.19. The number of amides is 2. The van der Waals surface area contributed by atoms with Crippen LogP contribution in [0.2, 0.25) is 5.02 Å². The van der Waals surface area contributed by atoms with Gasteiger partial charge < -0.3 is 10.1 Å². The van der Waals surface area contributed by atoms with Crippen LogP contribution < -0.4 is 5.32 Å². The molecule has 10 heteroatoms. The SMILES string of the molecule is CCOC(=O)C1=C(C)N(Cc2cccs2)C(=O)NC1c1ccc(Cl)c([N+](=O)[O-])c1. The number of nitro benzene ring substituents is 1. The van der Waals surface area contributed by atoms with Crippen molar-refractivity contribution in [3.63, 3.8) is 0 Å². The summed E-state index contributed by atoms with van der Waals surface area (Å²) in [5, 5.41) is 15.9. The molecule has 1 aliphatic heterocycles. The first-order valence-electron chi connectivity index (χ1n) is 8.75. The molecule has 0 bridgehead atoms. The maximum absolute atomic E-state index is 12.8. The van der Waals surface area contributed by atoms with Gasteiger partial charge >= 0.3 is 12.0 Å². The number of thiophene rings is 1. The number of esters is 1. The molecule has 0 spiro atoms. The third-order valence-corrected chi connectivity index (χ3v) is 5.67. The van der Waals surface area contributed by atoms with Crippen molar-refractivity contribution in [1.29, 1.82) is 0 Å². The number of hydrogen-bond acceptors (Lipinski definition) is 6. The van der Waals surface area contributed by atoms with Crippen LogP contribution in [-0.2, 0) is 16.1 Å². The lowest BCUT2D eigenvalue weighted by molar-refractivity contribution is -0.384. The summed E-state index contributed by atoms with van der Waals surface area (Å²) in [6.07, 6.45) is 0. The molecule has 1 atom stereocenters. The molecule has 0 fully saturated rings. The monoisotopic (exact) mass is 435 g/mol. The van der Waals surface area contributed by atoms with Gasteiger partial charge in [-0.25, -0.2) is 9.59 Å². The number of rotatable bonds is 6. The Bertz CT molecular complexity index is 990. The quantitative estimate of drug-likeness (QED) is 0.411. The van der Waals surface area contributed by atoms with Gasteiger partial charge in [0.25, 0.3) is 5.69 Å². The van der Waals surface area contributed by atoms with Gasteiger partial charge in [0.2, 0.25) is 0 Å². The number of halogens is 1. The van der Waals surface area contributed by atoms with E-state index in [1.54, 1.807) is 19.9 Å². The van der Waals surface area contributed by atoms with E-state index in [0.717, 1.165) is 4.88 Å². The number of ether oxygens (including phenoxy) is 1. The number of carbonyl (C=O) groups excluding carboxylic acids is 2. The maximum Gasteiger partial charge on any atom is 0.338 e. The molecule has 3 rings (SSSR count). The zero-order chi connectivity index (χ0) is 21.1. The number of hydrogen-bond donors (Lipinski definition) is 1. The maximum atomic E-state index is 12.8. The number of allylic oxidation sites excluding steroid dienone is 1. The third-order valence-electron chi connectivity index (χ3n) is 4.49. The van der Waals surface area contributed by atoms with Crippen molar-refractivity contribution in [3.8, 4) is 0 Å². The van der Waals surface area contributed by atoms with Crippen LogP contribution in [0, 0.1) is 10.1 Å². The van der Waals surface area contributed by atoms with Gasteiger partial charge in [0.05, 0.1) is 29.7 Å². The Kier molecular flexibility index (Phi) is 6.19. The normalized spacial score (nSPS) is 16.6. The summed E-state index contributed by atoms with van der Waals surface area (Å²) in [7, 11) is 0. The van der Waals surface area contributed by atoms with E-state index < -0.39 is 23.0 Å². The fourth-order valence-corrected chi connectivity index (χ4v) is 3.98. The Balaban J connectivity index is 2.08. The summed E-state index contributed by atoms with van der Waals surface area (Å²) in [6, 6.07) is 6.64. The minimum Gasteiger partial charge on any atom is -0.463 e. The molecule has 2 heterocycles. The smallest absolute Gasteiger partial charge is 0.338 e. The fraction of sp³-hybridized carbons (Fsp3) is 0.263. The highest BCUT2D eigenvalue weighted by Crippen LogP contribution is 2.35. The van der Waals surface area contributed by atoms with E-state index in [0.29, 0.717) is 17.8 Å². The van der Waals surface area contributed by atoms with Gasteiger partial charge in [-0.1, -0.05) is 23.7 Å². The van der Waals surface area contributed by atoms with Gasteiger partial charge in [-0.3, -0.25) is 15.0 Å². The summed E-state index contributed by atoms with van der Waals surface area (Å²) in [5.41, 5.74) is 0.718. The van der Waals surface area contributed by atoms with Crippen molar-refractivity contribution in [3.05, 3.63) is 72.6 Å². The average molecular weight is 436 g/mol. The molecular formula is C19H18ClN3O5S. The molecule has 0 radical (unpaired) electrons. The molecule has 1 aromatic heterocycles. The Morgan fingerprint density at radius 1 is 1.41 bits per heavy atom. The Morgan fingerprint density at radius 2 is 2.17 bits per heavy atom. The lowest BCUT2D eigenvalue weighted by Crippen LogP contribution is -2.47. The predicted molar refractivity (Wildman–Crippen MR) is 109 cm³/mol. The van der Waals surface area contributed by atoms with Crippen LogP contribution >= 0.6 is 22.9 Å². The molecule has 1 unspecified atom stereocenters. The van der Waals surface area contributed by atoms with E-state index >= 15 is 0 Å². The zero-order valence-corrected chi connectivity index (χ0v) is 17.2. The number of nitrogens with zero attached hydrogens (tertiary/aromatic N) is 2. The Hall–Kier alpha value is -2.91. The van der Waals surface area contributed by atoms with Crippen LogP contribution in [0.15, 0.2) is 47.0 Å². The van der Waals surface area contributed by atoms with E-state index in [1.165, 1.54) is 28.4 Å². The zero-order valence-electron chi connectivity index (χ0n) is 15.7. The Morgan fingerprint density at radius 3 is 2.79 bits per heavy atom. The molecule has 1 aliphatic rings. The van der Waals surface area contributed by atoms with E-state index in [4.69, 9.17) is 16.3 Å². The number of nitro groups is 1. The standard InChI is InChI=1S/C19H18ClN3O5S/c1-3-28-18(24)16-11(2)22(10-13-5-4-8-29-13)19(25)21-17(16)12-6-7-14(20)15(9-12)23(26)27/h4-9,17H,3,10H2,1-2H3,(H,21,25). The second-order valence-corrected chi connectivity index (χ2v) is 7.67. The van der Waals surface area contributed by atoms with Gasteiger partial charge in [-0.05, 0) is 36.9 Å². The molecule has 29 heavy (non-hydrogen) atoms. The van der Waals surface area contributed by atoms with Gasteiger partial charge in [0.15, 0.2) is 0 Å². The molecule has 1 aromatic carbocycles. The topological polar surface area (TPSA) is 102 Å². The number of benzene rings is 1. The number of nitrogens with one attached hydrogen (secondary N) is 1. The molecule has 152 valence electrons. The van der Waals surface area contributed by atoms with Gasteiger partial charge in [0.1, 0.15) is 5.02 Å². The average Bonchev–Trinajstić information content (AvgIpc) is 3.18. The van der Waals surface area contributed by atoms with E-state index in [2.05, 4.69) is 5.32 Å². The van der Waals surface area contributed by atoms with Crippen LogP contribution in [0.5, 0.6) is 0 Å².